The van der Waals surface area contributed by atoms with E-state index in [1.807, 2.05) is 95.8 Å². The van der Waals surface area contributed by atoms with Crippen molar-refractivity contribution in [1.29, 1.82) is 0 Å². The number of halogens is 3. The van der Waals surface area contributed by atoms with Gasteiger partial charge in [-0.05, 0) is 61.9 Å². The molecule has 0 atom stereocenters. The Bertz CT molecular complexity index is 2710. The van der Waals surface area contributed by atoms with Crippen molar-refractivity contribution < 1.29 is 13.2 Å². The molecule has 6 aromatic carbocycles. The smallest absolute Gasteiger partial charge is 0.319 e. The number of para-hydroxylation sites is 2. The van der Waals surface area contributed by atoms with Crippen LogP contribution in [0.5, 0.6) is 0 Å². The summed E-state index contributed by atoms with van der Waals surface area (Å²) in [6.07, 6.45) is -4.74. The molecule has 0 aliphatic rings. The Labute approximate surface area is 274 Å². The third-order valence-corrected chi connectivity index (χ3v) is 9.10. The molecule has 0 aliphatic heterocycles. The van der Waals surface area contributed by atoms with Gasteiger partial charge in [0.25, 0.3) is 0 Å². The first-order valence-electron chi connectivity index (χ1n) is 15.3. The maximum absolute atomic E-state index is 14.8. The van der Waals surface area contributed by atoms with Crippen LogP contribution in [0.25, 0.3) is 75.8 Å². The minimum atomic E-state index is -4.74. The summed E-state index contributed by atoms with van der Waals surface area (Å²) in [5, 5.41) is 3.84. The Kier molecular flexibility index (Phi) is 6.44. The van der Waals surface area contributed by atoms with Crippen molar-refractivity contribution in [3.63, 3.8) is 0 Å². The minimum absolute atomic E-state index is 0.140. The van der Waals surface area contributed by atoms with Gasteiger partial charge < -0.3 is 9.13 Å². The van der Waals surface area contributed by atoms with E-state index in [2.05, 4.69) is 21.8 Å². The lowest BCUT2D eigenvalue weighted by molar-refractivity contribution is -0.137. The lowest BCUT2D eigenvalue weighted by Gasteiger charge is -2.23. The quantitative estimate of drug-likeness (QED) is 0.173. The van der Waals surface area contributed by atoms with Crippen LogP contribution in [-0.4, -0.2) is 9.13 Å². The molecule has 0 unspecified atom stereocenters. The van der Waals surface area contributed by atoms with Gasteiger partial charge in [0.15, 0.2) is 5.69 Å². The SMILES string of the molecule is [C-]#[N+]c1cccc(C(F)(F)F)c1-c1ccc(-n2c3ccccc3c3cc(C)ccc32)c([N+]#[C-])c1-n1c2ccccc2c2cc(C)ccc21. The first-order valence-corrected chi connectivity index (χ1v) is 15.3. The molecule has 8 rings (SSSR count). The van der Waals surface area contributed by atoms with E-state index in [-0.39, 0.29) is 28.2 Å². The van der Waals surface area contributed by atoms with Crippen LogP contribution in [0, 0.1) is 27.0 Å². The first kappa shape index (κ1) is 29.1. The summed E-state index contributed by atoms with van der Waals surface area (Å²) in [5.41, 5.74) is 5.19. The average molecular weight is 631 g/mol. The van der Waals surface area contributed by atoms with Gasteiger partial charge >= 0.3 is 6.18 Å². The molecular weight excluding hydrogens is 605 g/mol. The molecule has 0 amide bonds. The number of hydrogen-bond donors (Lipinski definition) is 0. The number of rotatable bonds is 3. The van der Waals surface area contributed by atoms with Crippen molar-refractivity contribution in [1.82, 2.24) is 9.13 Å². The highest BCUT2D eigenvalue weighted by atomic mass is 19.4. The second-order valence-electron chi connectivity index (χ2n) is 12.0. The molecule has 0 N–H and O–H groups in total. The van der Waals surface area contributed by atoms with Crippen molar-refractivity contribution in [3.05, 3.63) is 155 Å². The van der Waals surface area contributed by atoms with E-state index in [0.29, 0.717) is 5.69 Å². The van der Waals surface area contributed by atoms with Gasteiger partial charge in [0, 0.05) is 27.1 Å². The summed E-state index contributed by atoms with van der Waals surface area (Å²) in [6, 6.07) is 34.8. The summed E-state index contributed by atoms with van der Waals surface area (Å²) in [5.74, 6) is 0. The Hall–Kier alpha value is -6.31. The molecule has 0 radical (unpaired) electrons. The summed E-state index contributed by atoms with van der Waals surface area (Å²) in [6.45, 7) is 20.6. The van der Waals surface area contributed by atoms with Gasteiger partial charge in [0.05, 0.1) is 52.1 Å². The molecular formula is C41H25F3N4. The van der Waals surface area contributed by atoms with Crippen molar-refractivity contribution >= 4 is 55.0 Å². The van der Waals surface area contributed by atoms with Gasteiger partial charge in [-0.3, -0.25) is 0 Å². The predicted molar refractivity (Wildman–Crippen MR) is 188 cm³/mol. The highest BCUT2D eigenvalue weighted by Gasteiger charge is 2.36. The van der Waals surface area contributed by atoms with E-state index in [4.69, 9.17) is 13.1 Å². The molecule has 48 heavy (non-hydrogen) atoms. The standard InChI is InChI=1S/C41H25F3N4/c1-24-16-19-35-29(22-24)26-10-5-7-14-33(26)47(35)37-21-18-28(38-31(41(42,43)44)12-9-13-32(38)45-3)40(39(37)46-4)48-34-15-8-6-11-27(34)30-23-25(2)17-20-36(30)48/h5-23H,1-2H3. The second-order valence-corrected chi connectivity index (χ2v) is 12.0. The van der Waals surface area contributed by atoms with E-state index < -0.39 is 11.7 Å². The number of aromatic nitrogens is 2. The molecule has 0 bridgehead atoms. The monoisotopic (exact) mass is 630 g/mol. The highest BCUT2D eigenvalue weighted by Crippen LogP contribution is 2.50. The summed E-state index contributed by atoms with van der Waals surface area (Å²) in [4.78, 5) is 7.68. The molecule has 2 aromatic heterocycles. The molecule has 7 heteroatoms. The van der Waals surface area contributed by atoms with Crippen LogP contribution >= 0.6 is 0 Å². The largest absolute Gasteiger partial charge is 0.415 e. The molecule has 0 saturated heterocycles. The molecule has 230 valence electrons. The van der Waals surface area contributed by atoms with Crippen LogP contribution in [0.3, 0.4) is 0 Å². The molecule has 4 nitrogen and oxygen atoms in total. The fourth-order valence-corrected chi connectivity index (χ4v) is 7.11. The molecule has 0 fully saturated rings. The van der Waals surface area contributed by atoms with Crippen LogP contribution < -0.4 is 0 Å². The first-order chi connectivity index (χ1) is 23.2. The molecule has 0 spiro atoms. The average Bonchev–Trinajstić information content (AvgIpc) is 3.58. The molecule has 2 heterocycles. The maximum Gasteiger partial charge on any atom is 0.415 e. The van der Waals surface area contributed by atoms with Crippen molar-refractivity contribution in [2.24, 2.45) is 0 Å². The number of benzene rings is 6. The highest BCUT2D eigenvalue weighted by molar-refractivity contribution is 6.13. The number of aryl methyl sites for hydroxylation is 2. The fraction of sp³-hybridized carbons (Fsp3) is 0.0732. The van der Waals surface area contributed by atoms with Gasteiger partial charge in [-0.1, -0.05) is 83.9 Å². The third kappa shape index (κ3) is 4.22. The molecule has 0 saturated carbocycles. The molecule has 0 aliphatic carbocycles. The predicted octanol–water partition coefficient (Wildman–Crippen LogP) is 12.3. The van der Waals surface area contributed by atoms with Crippen LogP contribution in [0.2, 0.25) is 0 Å². The summed E-state index contributed by atoms with van der Waals surface area (Å²) >= 11 is 0. The zero-order valence-electron chi connectivity index (χ0n) is 25.9. The Morgan fingerprint density at radius 1 is 0.562 bits per heavy atom. The van der Waals surface area contributed by atoms with Gasteiger partial charge in [-0.25, -0.2) is 9.69 Å². The summed E-state index contributed by atoms with van der Waals surface area (Å²) < 4.78 is 48.2. The lowest BCUT2D eigenvalue weighted by atomic mass is 9.94. The van der Waals surface area contributed by atoms with Gasteiger partial charge in [-0.15, -0.1) is 0 Å². The fourth-order valence-electron chi connectivity index (χ4n) is 7.11. The van der Waals surface area contributed by atoms with Crippen LogP contribution in [0.4, 0.5) is 24.5 Å². The zero-order valence-corrected chi connectivity index (χ0v) is 25.9. The van der Waals surface area contributed by atoms with E-state index in [0.717, 1.165) is 60.8 Å². The van der Waals surface area contributed by atoms with Crippen molar-refractivity contribution in [3.8, 4) is 22.5 Å². The van der Waals surface area contributed by atoms with Crippen LogP contribution in [0.1, 0.15) is 16.7 Å². The second kappa shape index (κ2) is 10.6. The van der Waals surface area contributed by atoms with Crippen LogP contribution in [0.15, 0.2) is 115 Å². The Morgan fingerprint density at radius 2 is 1.12 bits per heavy atom. The third-order valence-electron chi connectivity index (χ3n) is 9.10. The van der Waals surface area contributed by atoms with Crippen LogP contribution in [-0.2, 0) is 6.18 Å². The van der Waals surface area contributed by atoms with Crippen molar-refractivity contribution in [2.75, 3.05) is 0 Å². The van der Waals surface area contributed by atoms with Gasteiger partial charge in [0.2, 0.25) is 5.69 Å². The van der Waals surface area contributed by atoms with Gasteiger partial charge in [-0.2, -0.15) is 13.2 Å². The maximum atomic E-state index is 14.8. The van der Waals surface area contributed by atoms with E-state index in [1.54, 1.807) is 12.1 Å². The Morgan fingerprint density at radius 3 is 1.71 bits per heavy atom. The van der Waals surface area contributed by atoms with E-state index in [1.165, 1.54) is 12.1 Å². The van der Waals surface area contributed by atoms with E-state index >= 15 is 0 Å². The zero-order chi connectivity index (χ0) is 33.3. The number of hydrogen-bond acceptors (Lipinski definition) is 0. The van der Waals surface area contributed by atoms with E-state index in [9.17, 15) is 13.2 Å². The minimum Gasteiger partial charge on any atom is -0.319 e. The molecule has 8 aromatic rings. The number of nitrogens with zero attached hydrogens (tertiary/aromatic N) is 4. The number of fused-ring (bicyclic) bond motifs is 6. The normalized spacial score (nSPS) is 11.8. The van der Waals surface area contributed by atoms with Crippen molar-refractivity contribution in [2.45, 2.75) is 20.0 Å². The lowest BCUT2D eigenvalue weighted by Crippen LogP contribution is -2.09. The topological polar surface area (TPSA) is 18.6 Å². The summed E-state index contributed by atoms with van der Waals surface area (Å²) in [7, 11) is 0. The number of alkyl halides is 3. The van der Waals surface area contributed by atoms with Gasteiger partial charge in [0.1, 0.15) is 0 Å². The Balaban J connectivity index is 1.61.